The van der Waals surface area contributed by atoms with Crippen LogP contribution < -0.4 is 11.1 Å². The maximum absolute atomic E-state index is 13.4. The van der Waals surface area contributed by atoms with Gasteiger partial charge in [0.05, 0.1) is 11.0 Å². The van der Waals surface area contributed by atoms with Crippen molar-refractivity contribution < 1.29 is 13.7 Å². The molecule has 86 valence electrons. The first-order valence-corrected chi connectivity index (χ1v) is 4.51. The molecule has 0 heterocycles. The Bertz CT molecular complexity index is 483. The first-order chi connectivity index (χ1) is 7.34. The topological polar surface area (TPSA) is 81.2 Å². The molecular weight excluding hydrogens is 264 g/mol. The SMILES string of the molecule is NC(=S)Nc1c([N+](=O)[O-])cc(F)c(Cl)c1F. The molecule has 3 N–H and O–H groups in total. The monoisotopic (exact) mass is 267 g/mol. The van der Waals surface area contributed by atoms with Crippen molar-refractivity contribution >= 4 is 40.3 Å². The summed E-state index contributed by atoms with van der Waals surface area (Å²) in [4.78, 5) is 9.54. The third-order valence-electron chi connectivity index (χ3n) is 1.59. The molecule has 5 nitrogen and oxygen atoms in total. The number of thiocarbonyl (C=S) groups is 1. The van der Waals surface area contributed by atoms with Gasteiger partial charge >= 0.3 is 0 Å². The number of hydrogen-bond donors (Lipinski definition) is 2. The number of benzene rings is 1. The first-order valence-electron chi connectivity index (χ1n) is 3.73. The van der Waals surface area contributed by atoms with E-state index in [4.69, 9.17) is 17.3 Å². The largest absolute Gasteiger partial charge is 0.376 e. The summed E-state index contributed by atoms with van der Waals surface area (Å²) in [7, 11) is 0. The van der Waals surface area contributed by atoms with E-state index in [-0.39, 0.29) is 0 Å². The molecule has 0 saturated carbocycles. The van der Waals surface area contributed by atoms with Crippen molar-refractivity contribution in [2.24, 2.45) is 5.73 Å². The second-order valence-electron chi connectivity index (χ2n) is 2.63. The normalized spacial score (nSPS) is 9.94. The van der Waals surface area contributed by atoms with Gasteiger partial charge in [-0.1, -0.05) is 11.6 Å². The van der Waals surface area contributed by atoms with Gasteiger partial charge in [-0.15, -0.1) is 0 Å². The predicted octanol–water partition coefficient (Wildman–Crippen LogP) is 2.18. The Labute approximate surface area is 98.3 Å². The quantitative estimate of drug-likeness (QED) is 0.371. The summed E-state index contributed by atoms with van der Waals surface area (Å²) < 4.78 is 26.3. The number of nitro groups is 1. The maximum atomic E-state index is 13.4. The van der Waals surface area contributed by atoms with Gasteiger partial charge < -0.3 is 11.1 Å². The molecule has 0 bridgehead atoms. The van der Waals surface area contributed by atoms with Crippen molar-refractivity contribution in [2.45, 2.75) is 0 Å². The highest BCUT2D eigenvalue weighted by atomic mass is 35.5. The summed E-state index contributed by atoms with van der Waals surface area (Å²) >= 11 is 9.65. The zero-order valence-electron chi connectivity index (χ0n) is 7.46. The van der Waals surface area contributed by atoms with E-state index >= 15 is 0 Å². The van der Waals surface area contributed by atoms with Gasteiger partial charge in [-0.25, -0.2) is 8.78 Å². The minimum Gasteiger partial charge on any atom is -0.376 e. The molecule has 0 saturated heterocycles. The average molecular weight is 268 g/mol. The molecule has 0 unspecified atom stereocenters. The molecule has 16 heavy (non-hydrogen) atoms. The lowest BCUT2D eigenvalue weighted by molar-refractivity contribution is -0.384. The number of rotatable bonds is 2. The van der Waals surface area contributed by atoms with E-state index in [2.05, 4.69) is 12.2 Å². The van der Waals surface area contributed by atoms with Crippen molar-refractivity contribution in [3.05, 3.63) is 32.8 Å². The molecule has 0 atom stereocenters. The fourth-order valence-corrected chi connectivity index (χ4v) is 1.22. The van der Waals surface area contributed by atoms with Crippen molar-refractivity contribution in [2.75, 3.05) is 5.32 Å². The molecule has 0 aliphatic carbocycles. The second-order valence-corrected chi connectivity index (χ2v) is 3.44. The minimum atomic E-state index is -1.32. The van der Waals surface area contributed by atoms with Crippen LogP contribution >= 0.6 is 23.8 Å². The standard InChI is InChI=1S/C7H4ClF2N3O2S/c8-4-2(9)1-3(13(14)15)6(5(4)10)12-7(11)16/h1H,(H3,11,12,16). The molecule has 0 radical (unpaired) electrons. The molecule has 0 aliphatic heterocycles. The van der Waals surface area contributed by atoms with Gasteiger partial charge in [0, 0.05) is 0 Å². The van der Waals surface area contributed by atoms with E-state index < -0.39 is 38.1 Å². The summed E-state index contributed by atoms with van der Waals surface area (Å²) in [5.41, 5.74) is 3.54. The van der Waals surface area contributed by atoms with Crippen LogP contribution in [0.3, 0.4) is 0 Å². The van der Waals surface area contributed by atoms with Crippen LogP contribution in [0.1, 0.15) is 0 Å². The van der Waals surface area contributed by atoms with E-state index in [0.717, 1.165) is 0 Å². The highest BCUT2D eigenvalue weighted by molar-refractivity contribution is 7.80. The Morgan fingerprint density at radius 2 is 2.19 bits per heavy atom. The fourth-order valence-electron chi connectivity index (χ4n) is 0.969. The Morgan fingerprint density at radius 3 is 2.62 bits per heavy atom. The summed E-state index contributed by atoms with van der Waals surface area (Å²) in [5, 5.41) is 11.3. The van der Waals surface area contributed by atoms with Crippen LogP contribution in [0.25, 0.3) is 0 Å². The number of hydrogen-bond acceptors (Lipinski definition) is 3. The predicted molar refractivity (Wildman–Crippen MR) is 58.4 cm³/mol. The molecule has 9 heteroatoms. The lowest BCUT2D eigenvalue weighted by atomic mass is 10.2. The van der Waals surface area contributed by atoms with E-state index in [1.165, 1.54) is 0 Å². The van der Waals surface area contributed by atoms with Gasteiger partial charge in [0.1, 0.15) is 5.02 Å². The molecular formula is C7H4ClF2N3O2S. The zero-order chi connectivity index (χ0) is 12.5. The molecule has 0 aliphatic rings. The van der Waals surface area contributed by atoms with Crippen LogP contribution in [0.5, 0.6) is 0 Å². The summed E-state index contributed by atoms with van der Waals surface area (Å²) in [6.45, 7) is 0. The summed E-state index contributed by atoms with van der Waals surface area (Å²) in [6, 6.07) is 0.478. The van der Waals surface area contributed by atoms with Crippen molar-refractivity contribution in [1.29, 1.82) is 0 Å². The molecule has 0 fully saturated rings. The number of nitrogens with zero attached hydrogens (tertiary/aromatic N) is 1. The molecule has 0 amide bonds. The Hall–Kier alpha value is -1.54. The van der Waals surface area contributed by atoms with Crippen LogP contribution in [0.4, 0.5) is 20.2 Å². The Balaban J connectivity index is 3.47. The summed E-state index contributed by atoms with van der Waals surface area (Å²) in [6.07, 6.45) is 0. The van der Waals surface area contributed by atoms with Crippen molar-refractivity contribution in [3.8, 4) is 0 Å². The van der Waals surface area contributed by atoms with Crippen LogP contribution in [0, 0.1) is 21.7 Å². The van der Waals surface area contributed by atoms with E-state index in [9.17, 15) is 18.9 Å². The third kappa shape index (κ3) is 2.34. The molecule has 0 aromatic heterocycles. The fraction of sp³-hybridized carbons (Fsp3) is 0. The van der Waals surface area contributed by atoms with Gasteiger partial charge in [0.15, 0.2) is 22.4 Å². The lowest BCUT2D eigenvalue weighted by Gasteiger charge is -2.07. The maximum Gasteiger partial charge on any atom is 0.298 e. The van der Waals surface area contributed by atoms with Crippen LogP contribution in [-0.2, 0) is 0 Å². The molecule has 0 spiro atoms. The summed E-state index contributed by atoms with van der Waals surface area (Å²) in [5.74, 6) is -2.56. The zero-order valence-corrected chi connectivity index (χ0v) is 9.03. The van der Waals surface area contributed by atoms with Gasteiger partial charge in [-0.3, -0.25) is 10.1 Å². The van der Waals surface area contributed by atoms with E-state index in [0.29, 0.717) is 6.07 Å². The smallest absolute Gasteiger partial charge is 0.298 e. The number of halogens is 3. The first kappa shape index (κ1) is 12.5. The van der Waals surface area contributed by atoms with Gasteiger partial charge in [0.2, 0.25) is 0 Å². The highest BCUT2D eigenvalue weighted by Gasteiger charge is 2.24. The van der Waals surface area contributed by atoms with Crippen molar-refractivity contribution in [1.82, 2.24) is 0 Å². The van der Waals surface area contributed by atoms with Gasteiger partial charge in [-0.05, 0) is 12.2 Å². The van der Waals surface area contributed by atoms with Crippen LogP contribution in [0.2, 0.25) is 5.02 Å². The molecule has 1 rings (SSSR count). The third-order valence-corrected chi connectivity index (χ3v) is 2.03. The van der Waals surface area contributed by atoms with Gasteiger partial charge in [0.25, 0.3) is 5.69 Å². The van der Waals surface area contributed by atoms with Crippen molar-refractivity contribution in [3.63, 3.8) is 0 Å². The molecule has 1 aromatic rings. The average Bonchev–Trinajstić information content (AvgIpc) is 2.17. The number of nitrogens with one attached hydrogen (secondary N) is 1. The second kappa shape index (κ2) is 4.54. The Kier molecular flexibility index (Phi) is 3.55. The Morgan fingerprint density at radius 1 is 1.62 bits per heavy atom. The lowest BCUT2D eigenvalue weighted by Crippen LogP contribution is -2.20. The molecule has 1 aromatic carbocycles. The number of nitro benzene ring substituents is 1. The number of anilines is 1. The number of nitrogens with two attached hydrogens (primary N) is 1. The van der Waals surface area contributed by atoms with Gasteiger partial charge in [-0.2, -0.15) is 0 Å². The minimum absolute atomic E-state index is 0.398. The van der Waals surface area contributed by atoms with Crippen LogP contribution in [0.15, 0.2) is 6.07 Å². The van der Waals surface area contributed by atoms with E-state index in [1.54, 1.807) is 0 Å². The van der Waals surface area contributed by atoms with Crippen LogP contribution in [-0.4, -0.2) is 10.0 Å². The highest BCUT2D eigenvalue weighted by Crippen LogP contribution is 2.34. The van der Waals surface area contributed by atoms with E-state index in [1.807, 2.05) is 5.32 Å².